The third kappa shape index (κ3) is 6.05. The Kier molecular flexibility index (Phi) is 7.73. The molecule has 2 aromatic rings. The monoisotopic (exact) mass is 364 g/mol. The second-order valence-corrected chi connectivity index (χ2v) is 6.36. The van der Waals surface area contributed by atoms with Crippen LogP contribution in [-0.4, -0.2) is 22.4 Å². The molecule has 0 saturated carbocycles. The maximum atomic E-state index is 12.4. The van der Waals surface area contributed by atoms with Crippen LogP contribution in [0.25, 0.3) is 0 Å². The van der Waals surface area contributed by atoms with Gasteiger partial charge in [-0.1, -0.05) is 44.7 Å². The number of halogens is 1. The van der Waals surface area contributed by atoms with Gasteiger partial charge in [0.2, 0.25) is 5.95 Å². The van der Waals surface area contributed by atoms with Crippen LogP contribution in [0.15, 0.2) is 29.0 Å². The van der Waals surface area contributed by atoms with E-state index in [1.165, 1.54) is 12.6 Å². The molecule has 25 heavy (non-hydrogen) atoms. The maximum Gasteiger partial charge on any atom is 0.271 e. The normalized spacial score (nSPS) is 12.0. The van der Waals surface area contributed by atoms with Crippen molar-refractivity contribution in [3.63, 3.8) is 0 Å². The fraction of sp³-hybridized carbons (Fsp3) is 0.500. The number of nitrogens with zero attached hydrogens (tertiary/aromatic N) is 2. The lowest BCUT2D eigenvalue weighted by Crippen LogP contribution is -2.30. The summed E-state index contributed by atoms with van der Waals surface area (Å²) in [6.45, 7) is 5.37. The van der Waals surface area contributed by atoms with Gasteiger partial charge in [-0.05, 0) is 24.5 Å². The number of furan rings is 1. The molecule has 0 aromatic carbocycles. The Morgan fingerprint density at radius 3 is 2.92 bits per heavy atom. The zero-order valence-corrected chi connectivity index (χ0v) is 15.5. The molecule has 7 heteroatoms. The Bertz CT molecular complexity index is 661. The van der Waals surface area contributed by atoms with Crippen LogP contribution in [0.4, 0.5) is 5.95 Å². The molecule has 2 N–H and O–H groups in total. The van der Waals surface area contributed by atoms with Crippen molar-refractivity contribution in [2.45, 2.75) is 46.1 Å². The van der Waals surface area contributed by atoms with Crippen molar-refractivity contribution >= 4 is 23.5 Å². The molecule has 6 nitrogen and oxygen atoms in total. The maximum absolute atomic E-state index is 12.4. The van der Waals surface area contributed by atoms with Crippen LogP contribution in [0.2, 0.25) is 5.02 Å². The molecule has 0 saturated heterocycles. The summed E-state index contributed by atoms with van der Waals surface area (Å²) in [4.78, 5) is 20.7. The summed E-state index contributed by atoms with van der Waals surface area (Å²) < 4.78 is 5.24. The van der Waals surface area contributed by atoms with Crippen molar-refractivity contribution < 1.29 is 9.21 Å². The van der Waals surface area contributed by atoms with E-state index in [0.717, 1.165) is 25.0 Å². The molecule has 0 aliphatic heterocycles. The van der Waals surface area contributed by atoms with Gasteiger partial charge in [-0.15, -0.1) is 0 Å². The molecule has 1 amide bonds. The van der Waals surface area contributed by atoms with E-state index in [0.29, 0.717) is 25.0 Å². The predicted octanol–water partition coefficient (Wildman–Crippen LogP) is 4.28. The van der Waals surface area contributed by atoms with Gasteiger partial charge in [0.25, 0.3) is 5.91 Å². The number of carbonyl (C=O) groups excluding carboxylic acids is 1. The lowest BCUT2D eigenvalue weighted by molar-refractivity contribution is 0.0941. The first-order chi connectivity index (χ1) is 12.1. The van der Waals surface area contributed by atoms with E-state index in [2.05, 4.69) is 34.4 Å². The summed E-state index contributed by atoms with van der Waals surface area (Å²) in [5.41, 5.74) is 0.184. The first-order valence-corrected chi connectivity index (χ1v) is 9.08. The van der Waals surface area contributed by atoms with E-state index in [9.17, 15) is 4.79 Å². The van der Waals surface area contributed by atoms with Gasteiger partial charge in [0, 0.05) is 6.54 Å². The van der Waals surface area contributed by atoms with Gasteiger partial charge in [0.05, 0.1) is 24.0 Å². The minimum Gasteiger partial charge on any atom is -0.467 e. The number of hydrogen-bond donors (Lipinski definition) is 2. The molecule has 2 heterocycles. The van der Waals surface area contributed by atoms with E-state index >= 15 is 0 Å². The van der Waals surface area contributed by atoms with Crippen LogP contribution in [0.1, 0.15) is 55.8 Å². The number of nitrogens with one attached hydrogen (secondary N) is 2. The third-order valence-electron chi connectivity index (χ3n) is 4.05. The Morgan fingerprint density at radius 2 is 2.24 bits per heavy atom. The number of anilines is 1. The topological polar surface area (TPSA) is 80.0 Å². The minimum absolute atomic E-state index is 0.184. The number of hydrogen-bond acceptors (Lipinski definition) is 5. The molecular formula is C18H25ClN4O2. The van der Waals surface area contributed by atoms with Gasteiger partial charge < -0.3 is 15.1 Å². The van der Waals surface area contributed by atoms with Gasteiger partial charge in [-0.2, -0.15) is 0 Å². The third-order valence-corrected chi connectivity index (χ3v) is 4.33. The summed E-state index contributed by atoms with van der Waals surface area (Å²) >= 11 is 6.09. The molecule has 0 radical (unpaired) electrons. The molecule has 1 unspecified atom stereocenters. The lowest BCUT2D eigenvalue weighted by Gasteiger charge is -2.15. The summed E-state index contributed by atoms with van der Waals surface area (Å²) in [5, 5.41) is 6.19. The van der Waals surface area contributed by atoms with Crippen LogP contribution >= 0.6 is 11.6 Å². The zero-order valence-electron chi connectivity index (χ0n) is 14.7. The summed E-state index contributed by atoms with van der Waals surface area (Å²) in [6, 6.07) is 3.65. The first kappa shape index (κ1) is 19.2. The summed E-state index contributed by atoms with van der Waals surface area (Å²) in [6.07, 6.45) is 7.51. The average Bonchev–Trinajstić information content (AvgIpc) is 3.14. The Hall–Kier alpha value is -2.08. The Labute approximate surface area is 153 Å². The number of carbonyl (C=O) groups is 1. The summed E-state index contributed by atoms with van der Waals surface area (Å²) in [5.74, 6) is 1.29. The van der Waals surface area contributed by atoms with Gasteiger partial charge in [-0.25, -0.2) is 9.97 Å². The standard InChI is InChI=1S/C18H25ClN4O2/c1-3-5-7-13(4-2)10-20-17(24)16-15(19)12-22-18(23-16)21-11-14-8-6-9-25-14/h6,8-9,12-13H,3-5,7,10-11H2,1-2H3,(H,20,24)(H,21,22,23). The number of rotatable bonds is 10. The first-order valence-electron chi connectivity index (χ1n) is 8.71. The molecule has 0 aliphatic carbocycles. The van der Waals surface area contributed by atoms with Crippen molar-refractivity contribution in [2.75, 3.05) is 11.9 Å². The largest absolute Gasteiger partial charge is 0.467 e. The van der Waals surface area contributed by atoms with Crippen molar-refractivity contribution in [1.29, 1.82) is 0 Å². The Balaban J connectivity index is 1.94. The molecule has 1 atom stereocenters. The second-order valence-electron chi connectivity index (χ2n) is 5.95. The van der Waals surface area contributed by atoms with Crippen LogP contribution in [0.5, 0.6) is 0 Å². The Morgan fingerprint density at radius 1 is 1.40 bits per heavy atom. The van der Waals surface area contributed by atoms with Crippen LogP contribution < -0.4 is 10.6 Å². The molecule has 2 aromatic heterocycles. The molecule has 0 bridgehead atoms. The van der Waals surface area contributed by atoms with Crippen LogP contribution in [0, 0.1) is 5.92 Å². The summed E-state index contributed by atoms with van der Waals surface area (Å²) in [7, 11) is 0. The minimum atomic E-state index is -0.275. The van der Waals surface area contributed by atoms with Gasteiger partial charge in [0.1, 0.15) is 5.76 Å². The van der Waals surface area contributed by atoms with Crippen molar-refractivity contribution in [3.05, 3.63) is 41.1 Å². The van der Waals surface area contributed by atoms with Crippen LogP contribution in [-0.2, 0) is 6.54 Å². The lowest BCUT2D eigenvalue weighted by atomic mass is 9.99. The smallest absolute Gasteiger partial charge is 0.271 e. The quantitative estimate of drug-likeness (QED) is 0.657. The SMILES string of the molecule is CCCCC(CC)CNC(=O)c1nc(NCc2ccco2)ncc1Cl. The van der Waals surface area contributed by atoms with E-state index < -0.39 is 0 Å². The highest BCUT2D eigenvalue weighted by molar-refractivity contribution is 6.33. The molecule has 2 rings (SSSR count). The number of aromatic nitrogens is 2. The van der Waals surface area contributed by atoms with Gasteiger partial charge in [0.15, 0.2) is 5.69 Å². The van der Waals surface area contributed by atoms with Crippen molar-refractivity contribution in [3.8, 4) is 0 Å². The van der Waals surface area contributed by atoms with Gasteiger partial charge >= 0.3 is 0 Å². The highest BCUT2D eigenvalue weighted by atomic mass is 35.5. The molecular weight excluding hydrogens is 340 g/mol. The fourth-order valence-electron chi connectivity index (χ4n) is 2.45. The van der Waals surface area contributed by atoms with Crippen molar-refractivity contribution in [1.82, 2.24) is 15.3 Å². The van der Waals surface area contributed by atoms with E-state index in [-0.39, 0.29) is 16.6 Å². The van der Waals surface area contributed by atoms with E-state index in [1.54, 1.807) is 12.3 Å². The average molecular weight is 365 g/mol. The second kappa shape index (κ2) is 10.0. The molecule has 0 fully saturated rings. The van der Waals surface area contributed by atoms with E-state index in [1.807, 2.05) is 6.07 Å². The van der Waals surface area contributed by atoms with Crippen molar-refractivity contribution in [2.24, 2.45) is 5.92 Å². The van der Waals surface area contributed by atoms with E-state index in [4.69, 9.17) is 16.0 Å². The molecule has 0 aliphatic rings. The molecule has 136 valence electrons. The predicted molar refractivity (Wildman–Crippen MR) is 98.7 cm³/mol. The highest BCUT2D eigenvalue weighted by Gasteiger charge is 2.16. The number of amides is 1. The van der Waals surface area contributed by atoms with Gasteiger partial charge in [-0.3, -0.25) is 4.79 Å². The number of unbranched alkanes of at least 4 members (excludes halogenated alkanes) is 1. The molecule has 0 spiro atoms. The van der Waals surface area contributed by atoms with Crippen LogP contribution in [0.3, 0.4) is 0 Å². The highest BCUT2D eigenvalue weighted by Crippen LogP contribution is 2.16. The zero-order chi connectivity index (χ0) is 18.1. The fourth-order valence-corrected chi connectivity index (χ4v) is 2.63.